The van der Waals surface area contributed by atoms with Crippen LogP contribution in [0, 0.1) is 0 Å². The lowest BCUT2D eigenvalue weighted by atomic mass is 10.4. The molecule has 0 aromatic rings. The predicted octanol–water partition coefficient (Wildman–Crippen LogP) is 0.667. The number of carbonyl (C=O) groups excluding carboxylic acids is 1. The molecule has 0 fully saturated rings. The van der Waals surface area contributed by atoms with Gasteiger partial charge in [-0.3, -0.25) is 4.79 Å². The minimum Gasteiger partial charge on any atom is -0.478 e. The molecule has 0 bridgehead atoms. The second-order valence-corrected chi connectivity index (χ2v) is 1.99. The number of hydrogen-bond donors (Lipinski definition) is 2. The third-order valence-corrected chi connectivity index (χ3v) is 0.956. The minimum absolute atomic E-state index is 0.442. The first kappa shape index (κ1) is 10.4. The molecule has 12 heavy (non-hydrogen) atoms. The maximum atomic E-state index is 10.7. The van der Waals surface area contributed by atoms with Crippen LogP contribution < -0.4 is 5.32 Å². The zero-order valence-electron chi connectivity index (χ0n) is 6.78. The number of allylic oxidation sites excluding steroid dienone is 1. The Morgan fingerprint density at radius 3 is 2.58 bits per heavy atom. The Kier molecular flexibility index (Phi) is 5.34. The highest BCUT2D eigenvalue weighted by atomic mass is 16.4. The van der Waals surface area contributed by atoms with E-state index >= 15 is 0 Å². The highest BCUT2D eigenvalue weighted by Gasteiger charge is 1.91. The van der Waals surface area contributed by atoms with E-state index in [0.29, 0.717) is 0 Å². The average molecular weight is 169 g/mol. The molecule has 0 spiro atoms. The van der Waals surface area contributed by atoms with Gasteiger partial charge in [0.05, 0.1) is 0 Å². The van der Waals surface area contributed by atoms with E-state index in [2.05, 4.69) is 5.32 Å². The van der Waals surface area contributed by atoms with Gasteiger partial charge in [-0.1, -0.05) is 13.0 Å². The van der Waals surface area contributed by atoms with Gasteiger partial charge in [0.25, 0.3) is 0 Å². The zero-order chi connectivity index (χ0) is 9.40. The summed E-state index contributed by atoms with van der Waals surface area (Å²) in [5, 5.41) is 10.5. The van der Waals surface area contributed by atoms with Gasteiger partial charge >= 0.3 is 5.97 Å². The molecule has 4 nitrogen and oxygen atoms in total. The molecule has 2 N–H and O–H groups in total. The van der Waals surface area contributed by atoms with Crippen molar-refractivity contribution in [1.82, 2.24) is 5.32 Å². The molecule has 0 radical (unpaired) electrons. The molecule has 0 aliphatic heterocycles. The number of carbonyl (C=O) groups is 2. The van der Waals surface area contributed by atoms with Crippen LogP contribution in [-0.2, 0) is 9.59 Å². The number of rotatable bonds is 4. The van der Waals surface area contributed by atoms with Crippen LogP contribution in [0.1, 0.15) is 13.3 Å². The van der Waals surface area contributed by atoms with Crippen molar-refractivity contribution in [1.29, 1.82) is 0 Å². The van der Waals surface area contributed by atoms with Gasteiger partial charge in [-0.05, 0) is 6.42 Å². The second kappa shape index (κ2) is 6.15. The topological polar surface area (TPSA) is 66.4 Å². The Hall–Kier alpha value is -1.58. The van der Waals surface area contributed by atoms with Crippen molar-refractivity contribution in [2.75, 3.05) is 0 Å². The average Bonchev–Trinajstić information content (AvgIpc) is 2.01. The van der Waals surface area contributed by atoms with Crippen LogP contribution in [-0.4, -0.2) is 17.0 Å². The largest absolute Gasteiger partial charge is 0.478 e. The van der Waals surface area contributed by atoms with E-state index in [1.807, 2.05) is 6.92 Å². The van der Waals surface area contributed by atoms with Crippen molar-refractivity contribution >= 4 is 11.9 Å². The molecule has 0 saturated heterocycles. The number of carboxylic acid groups (broad SMARTS) is 1. The van der Waals surface area contributed by atoms with Crippen LogP contribution in [0.25, 0.3) is 0 Å². The first-order valence-corrected chi connectivity index (χ1v) is 3.53. The lowest BCUT2D eigenvalue weighted by molar-refractivity contribution is -0.131. The van der Waals surface area contributed by atoms with Crippen molar-refractivity contribution in [2.24, 2.45) is 0 Å². The molecular weight excluding hydrogens is 158 g/mol. The van der Waals surface area contributed by atoms with Crippen molar-refractivity contribution in [3.05, 3.63) is 24.4 Å². The first-order chi connectivity index (χ1) is 5.66. The van der Waals surface area contributed by atoms with Gasteiger partial charge in [0.2, 0.25) is 5.91 Å². The molecule has 0 unspecified atom stereocenters. The van der Waals surface area contributed by atoms with E-state index in [1.165, 1.54) is 6.20 Å². The predicted molar refractivity (Wildman–Crippen MR) is 44.3 cm³/mol. The fourth-order valence-corrected chi connectivity index (χ4v) is 0.454. The summed E-state index contributed by atoms with van der Waals surface area (Å²) < 4.78 is 0. The lowest BCUT2D eigenvalue weighted by Crippen LogP contribution is -2.13. The standard InChI is InChI=1S/C8H11NO3/c1-2-3-6-9-7(10)4-5-8(11)12/h3-6H,2H2,1H3,(H,9,10)(H,11,12)/b5-4+,6-3+. The van der Waals surface area contributed by atoms with Crippen LogP contribution in [0.2, 0.25) is 0 Å². The summed E-state index contributed by atoms with van der Waals surface area (Å²) in [5.41, 5.74) is 0. The smallest absolute Gasteiger partial charge is 0.328 e. The summed E-state index contributed by atoms with van der Waals surface area (Å²) in [6.07, 6.45) is 5.81. The van der Waals surface area contributed by atoms with Crippen molar-refractivity contribution in [3.8, 4) is 0 Å². The quantitative estimate of drug-likeness (QED) is 0.608. The van der Waals surface area contributed by atoms with Crippen LogP contribution >= 0.6 is 0 Å². The zero-order valence-corrected chi connectivity index (χ0v) is 6.78. The third-order valence-electron chi connectivity index (χ3n) is 0.956. The van der Waals surface area contributed by atoms with Gasteiger partial charge in [-0.2, -0.15) is 0 Å². The Morgan fingerprint density at radius 2 is 2.08 bits per heavy atom. The Balaban J connectivity index is 3.74. The summed E-state index contributed by atoms with van der Waals surface area (Å²) in [6, 6.07) is 0. The van der Waals surface area contributed by atoms with Gasteiger partial charge < -0.3 is 10.4 Å². The minimum atomic E-state index is -1.13. The van der Waals surface area contributed by atoms with E-state index in [-0.39, 0.29) is 0 Å². The van der Waals surface area contributed by atoms with Crippen LogP contribution in [0.5, 0.6) is 0 Å². The van der Waals surface area contributed by atoms with Crippen LogP contribution in [0.3, 0.4) is 0 Å². The maximum absolute atomic E-state index is 10.7. The molecule has 66 valence electrons. The first-order valence-electron chi connectivity index (χ1n) is 3.53. The van der Waals surface area contributed by atoms with Crippen molar-refractivity contribution in [3.63, 3.8) is 0 Å². The van der Waals surface area contributed by atoms with E-state index in [9.17, 15) is 9.59 Å². The number of nitrogens with one attached hydrogen (secondary N) is 1. The van der Waals surface area contributed by atoms with Gasteiger partial charge in [-0.25, -0.2) is 4.79 Å². The SMILES string of the molecule is CC/C=C/NC(=O)/C=C/C(=O)O. The summed E-state index contributed by atoms with van der Waals surface area (Å²) >= 11 is 0. The van der Waals surface area contributed by atoms with Gasteiger partial charge in [-0.15, -0.1) is 0 Å². The Morgan fingerprint density at radius 1 is 1.42 bits per heavy atom. The fraction of sp³-hybridized carbons (Fsp3) is 0.250. The van der Waals surface area contributed by atoms with Gasteiger partial charge in [0.1, 0.15) is 0 Å². The van der Waals surface area contributed by atoms with Crippen molar-refractivity contribution in [2.45, 2.75) is 13.3 Å². The third kappa shape index (κ3) is 6.54. The van der Waals surface area contributed by atoms with Crippen LogP contribution in [0.4, 0.5) is 0 Å². The number of aliphatic carboxylic acids is 1. The monoisotopic (exact) mass is 169 g/mol. The van der Waals surface area contributed by atoms with Crippen LogP contribution in [0.15, 0.2) is 24.4 Å². The molecule has 0 aromatic carbocycles. The second-order valence-electron chi connectivity index (χ2n) is 1.99. The molecule has 0 aliphatic rings. The molecule has 0 heterocycles. The Bertz CT molecular complexity index is 218. The van der Waals surface area contributed by atoms with E-state index in [4.69, 9.17) is 5.11 Å². The summed E-state index contributed by atoms with van der Waals surface area (Å²) in [4.78, 5) is 20.7. The summed E-state index contributed by atoms with van der Waals surface area (Å²) in [7, 11) is 0. The number of hydrogen-bond acceptors (Lipinski definition) is 2. The van der Waals surface area contributed by atoms with Gasteiger partial charge in [0, 0.05) is 18.4 Å². The van der Waals surface area contributed by atoms with E-state index in [1.54, 1.807) is 6.08 Å². The molecule has 1 amide bonds. The molecule has 0 aromatic heterocycles. The van der Waals surface area contributed by atoms with E-state index in [0.717, 1.165) is 18.6 Å². The van der Waals surface area contributed by atoms with Crippen molar-refractivity contribution < 1.29 is 14.7 Å². The highest BCUT2D eigenvalue weighted by Crippen LogP contribution is 1.78. The molecular formula is C8H11NO3. The number of amides is 1. The fourth-order valence-electron chi connectivity index (χ4n) is 0.454. The Labute approximate surface area is 70.6 Å². The molecule has 0 atom stereocenters. The molecule has 0 rings (SSSR count). The molecule has 0 aliphatic carbocycles. The highest BCUT2D eigenvalue weighted by molar-refractivity contribution is 5.94. The molecule has 0 saturated carbocycles. The number of carboxylic acids is 1. The maximum Gasteiger partial charge on any atom is 0.328 e. The molecule has 4 heteroatoms. The van der Waals surface area contributed by atoms with Gasteiger partial charge in [0.15, 0.2) is 0 Å². The summed E-state index contributed by atoms with van der Waals surface area (Å²) in [5.74, 6) is -1.58. The lowest BCUT2D eigenvalue weighted by Gasteiger charge is -1.90. The van der Waals surface area contributed by atoms with E-state index < -0.39 is 11.9 Å². The normalized spacial score (nSPS) is 10.8. The summed E-state index contributed by atoms with van der Waals surface area (Å²) in [6.45, 7) is 1.93.